The molecule has 0 bridgehead atoms. The largest absolute Gasteiger partial charge is 0.464 e. The summed E-state index contributed by atoms with van der Waals surface area (Å²) in [6.45, 7) is 6.42. The van der Waals surface area contributed by atoms with E-state index in [0.29, 0.717) is 11.7 Å². The molecule has 0 radical (unpaired) electrons. The summed E-state index contributed by atoms with van der Waals surface area (Å²) >= 11 is 0. The van der Waals surface area contributed by atoms with Crippen molar-refractivity contribution in [2.45, 2.75) is 51.7 Å². The van der Waals surface area contributed by atoms with Crippen LogP contribution >= 0.6 is 0 Å². The predicted molar refractivity (Wildman–Crippen MR) is 97.9 cm³/mol. The molecule has 1 aliphatic rings. The highest BCUT2D eigenvalue weighted by Crippen LogP contribution is 2.39. The lowest BCUT2D eigenvalue weighted by molar-refractivity contribution is 0.323. The van der Waals surface area contributed by atoms with Crippen LogP contribution < -0.4 is 5.63 Å². The van der Waals surface area contributed by atoms with Crippen molar-refractivity contribution in [3.8, 4) is 0 Å². The number of fused-ring (bicyclic) bond motifs is 2. The second-order valence-corrected chi connectivity index (χ2v) is 7.36. The van der Waals surface area contributed by atoms with Gasteiger partial charge in [-0.2, -0.15) is 0 Å². The molecule has 4 heteroatoms. The van der Waals surface area contributed by atoms with E-state index in [4.69, 9.17) is 13.6 Å². The number of epoxide rings is 1. The first-order valence-corrected chi connectivity index (χ1v) is 8.70. The molecule has 1 aromatic carbocycles. The highest BCUT2D eigenvalue weighted by atomic mass is 16.6. The highest BCUT2D eigenvalue weighted by molar-refractivity contribution is 5.97. The minimum Gasteiger partial charge on any atom is -0.464 e. The topological polar surface area (TPSA) is 55.9 Å². The average molecular weight is 338 g/mol. The summed E-state index contributed by atoms with van der Waals surface area (Å²) in [5.74, 6) is 0. The van der Waals surface area contributed by atoms with Crippen LogP contribution in [0.2, 0.25) is 0 Å². The van der Waals surface area contributed by atoms with Crippen LogP contribution in [0.3, 0.4) is 0 Å². The van der Waals surface area contributed by atoms with Crippen molar-refractivity contribution < 1.29 is 13.6 Å². The summed E-state index contributed by atoms with van der Waals surface area (Å²) < 4.78 is 16.5. The van der Waals surface area contributed by atoms with Gasteiger partial charge >= 0.3 is 5.63 Å². The quantitative estimate of drug-likeness (QED) is 0.374. The Bertz CT molecular complexity index is 1020. The van der Waals surface area contributed by atoms with Crippen molar-refractivity contribution in [2.75, 3.05) is 0 Å². The fraction of sp³-hybridized carbons (Fsp3) is 0.381. The highest BCUT2D eigenvalue weighted by Gasteiger charge is 2.47. The zero-order valence-corrected chi connectivity index (χ0v) is 14.8. The van der Waals surface area contributed by atoms with Crippen LogP contribution in [0, 0.1) is 0 Å². The van der Waals surface area contributed by atoms with E-state index in [1.807, 2.05) is 12.1 Å². The van der Waals surface area contributed by atoms with Crippen molar-refractivity contribution in [1.82, 2.24) is 0 Å². The first-order chi connectivity index (χ1) is 11.9. The Morgan fingerprint density at radius 3 is 2.72 bits per heavy atom. The smallest absolute Gasteiger partial charge is 0.336 e. The molecule has 0 spiro atoms. The molecule has 0 saturated carbocycles. The normalized spacial score (nSPS) is 19.6. The molecule has 4 rings (SSSR count). The summed E-state index contributed by atoms with van der Waals surface area (Å²) in [5.41, 5.74) is 3.55. The van der Waals surface area contributed by atoms with Crippen molar-refractivity contribution in [3.05, 3.63) is 58.2 Å². The van der Waals surface area contributed by atoms with E-state index in [0.717, 1.165) is 41.2 Å². The molecule has 25 heavy (non-hydrogen) atoms. The number of furan rings is 1. The molecule has 1 aliphatic heterocycles. The Morgan fingerprint density at radius 2 is 1.96 bits per heavy atom. The average Bonchev–Trinajstić information content (AvgIpc) is 2.94. The Kier molecular flexibility index (Phi) is 3.80. The van der Waals surface area contributed by atoms with Crippen molar-refractivity contribution in [1.29, 1.82) is 0 Å². The maximum Gasteiger partial charge on any atom is 0.336 e. The molecule has 1 unspecified atom stereocenters. The Balaban J connectivity index is 1.59. The molecule has 3 aromatic rings. The fourth-order valence-corrected chi connectivity index (χ4v) is 3.46. The van der Waals surface area contributed by atoms with Gasteiger partial charge in [0.05, 0.1) is 18.0 Å². The molecule has 0 amide bonds. The van der Waals surface area contributed by atoms with Crippen LogP contribution in [-0.4, -0.2) is 11.7 Å². The number of aryl methyl sites for hydroxylation is 1. The lowest BCUT2D eigenvalue weighted by atomic mass is 9.98. The van der Waals surface area contributed by atoms with Crippen molar-refractivity contribution >= 4 is 21.9 Å². The van der Waals surface area contributed by atoms with Crippen molar-refractivity contribution in [3.63, 3.8) is 0 Å². The van der Waals surface area contributed by atoms with Gasteiger partial charge in [0.15, 0.2) is 0 Å². The van der Waals surface area contributed by atoms with Crippen LogP contribution in [0.4, 0.5) is 0 Å². The number of allylic oxidation sites excluding steroid dienone is 1. The fourth-order valence-electron chi connectivity index (χ4n) is 3.46. The Morgan fingerprint density at radius 1 is 1.20 bits per heavy atom. The van der Waals surface area contributed by atoms with Gasteiger partial charge in [0, 0.05) is 22.9 Å². The number of rotatable bonds is 5. The number of benzene rings is 1. The predicted octanol–water partition coefficient (Wildman–Crippen LogP) is 4.99. The third kappa shape index (κ3) is 3.14. The molecule has 1 fully saturated rings. The maximum atomic E-state index is 11.5. The second-order valence-electron chi connectivity index (χ2n) is 7.36. The van der Waals surface area contributed by atoms with E-state index in [1.165, 1.54) is 11.6 Å². The Hall–Kier alpha value is -2.33. The van der Waals surface area contributed by atoms with Gasteiger partial charge in [0.1, 0.15) is 11.2 Å². The van der Waals surface area contributed by atoms with Crippen LogP contribution in [-0.2, 0) is 11.2 Å². The minimum atomic E-state index is -0.341. The lowest BCUT2D eigenvalue weighted by Crippen LogP contribution is -2.03. The summed E-state index contributed by atoms with van der Waals surface area (Å²) in [5, 5.41) is 2.06. The molecule has 1 atom stereocenters. The van der Waals surface area contributed by atoms with E-state index < -0.39 is 0 Å². The van der Waals surface area contributed by atoms with Gasteiger partial charge in [-0.05, 0) is 57.7 Å². The van der Waals surface area contributed by atoms with Gasteiger partial charge in [0.25, 0.3) is 0 Å². The molecule has 0 N–H and O–H groups in total. The molecule has 0 aliphatic carbocycles. The summed E-state index contributed by atoms with van der Waals surface area (Å²) in [4.78, 5) is 11.5. The van der Waals surface area contributed by atoms with Gasteiger partial charge < -0.3 is 13.6 Å². The van der Waals surface area contributed by atoms with E-state index >= 15 is 0 Å². The van der Waals surface area contributed by atoms with Crippen LogP contribution in [0.25, 0.3) is 21.9 Å². The van der Waals surface area contributed by atoms with Gasteiger partial charge in [0.2, 0.25) is 0 Å². The first-order valence-electron chi connectivity index (χ1n) is 8.70. The maximum absolute atomic E-state index is 11.5. The molecule has 130 valence electrons. The van der Waals surface area contributed by atoms with Crippen LogP contribution in [0.1, 0.15) is 39.2 Å². The van der Waals surface area contributed by atoms with Crippen LogP contribution in [0.5, 0.6) is 0 Å². The first kappa shape index (κ1) is 16.2. The van der Waals surface area contributed by atoms with E-state index in [-0.39, 0.29) is 11.2 Å². The minimum absolute atomic E-state index is 0.0330. The van der Waals surface area contributed by atoms with E-state index in [2.05, 4.69) is 26.8 Å². The van der Waals surface area contributed by atoms with Gasteiger partial charge in [-0.15, -0.1) is 0 Å². The third-order valence-corrected chi connectivity index (χ3v) is 5.03. The third-order valence-electron chi connectivity index (χ3n) is 5.03. The lowest BCUT2D eigenvalue weighted by Gasteiger charge is -2.07. The van der Waals surface area contributed by atoms with E-state index in [1.54, 1.807) is 12.3 Å². The standard InChI is InChI=1S/C21H22O4/c1-13(11-19-21(2,3)25-19)5-4-6-14-15-7-8-20(22)24-18(15)12-17-16(14)9-10-23-17/h5,7-10,12,19H,4,6,11H2,1-3H3. The van der Waals surface area contributed by atoms with Gasteiger partial charge in [-0.25, -0.2) is 4.79 Å². The van der Waals surface area contributed by atoms with Crippen LogP contribution in [0.15, 0.2) is 55.8 Å². The monoisotopic (exact) mass is 338 g/mol. The molecular formula is C21H22O4. The summed E-state index contributed by atoms with van der Waals surface area (Å²) in [7, 11) is 0. The van der Waals surface area contributed by atoms with Crippen molar-refractivity contribution in [2.24, 2.45) is 0 Å². The second kappa shape index (κ2) is 5.88. The molecular weight excluding hydrogens is 316 g/mol. The molecule has 1 saturated heterocycles. The van der Waals surface area contributed by atoms with E-state index in [9.17, 15) is 4.79 Å². The zero-order chi connectivity index (χ0) is 17.6. The zero-order valence-electron chi connectivity index (χ0n) is 14.8. The number of ether oxygens (including phenoxy) is 1. The molecule has 4 nitrogen and oxygen atoms in total. The summed E-state index contributed by atoms with van der Waals surface area (Å²) in [6, 6.07) is 7.10. The number of hydrogen-bond acceptors (Lipinski definition) is 4. The number of hydrogen-bond donors (Lipinski definition) is 0. The Labute approximate surface area is 146 Å². The summed E-state index contributed by atoms with van der Waals surface area (Å²) in [6.07, 6.45) is 7.08. The molecule has 2 aromatic heterocycles. The SMILES string of the molecule is CC(=CCCc1c2ccoc2cc2oc(=O)ccc12)CC1OC1(C)C. The van der Waals surface area contributed by atoms with Gasteiger partial charge in [-0.1, -0.05) is 11.6 Å². The van der Waals surface area contributed by atoms with Gasteiger partial charge in [-0.3, -0.25) is 0 Å². The molecule has 3 heterocycles.